The number of hydrogen-bond acceptors (Lipinski definition) is 4. The number of nitrogens with zero attached hydrogens (tertiary/aromatic N) is 1. The predicted octanol–water partition coefficient (Wildman–Crippen LogP) is -0.0659. The molecule has 2 unspecified atom stereocenters. The van der Waals surface area contributed by atoms with Crippen LogP contribution in [-0.2, 0) is 14.3 Å². The Morgan fingerprint density at radius 2 is 2.22 bits per heavy atom. The molecule has 6 nitrogen and oxygen atoms in total. The van der Waals surface area contributed by atoms with Crippen LogP contribution >= 0.6 is 0 Å². The number of rotatable bonds is 6. The zero-order valence-corrected chi connectivity index (χ0v) is 11.0. The topological polar surface area (TPSA) is 78.9 Å². The van der Waals surface area contributed by atoms with E-state index in [0.717, 1.165) is 0 Å². The smallest absolute Gasteiger partial charge is 0.306 e. The summed E-state index contributed by atoms with van der Waals surface area (Å²) >= 11 is 0. The van der Waals surface area contributed by atoms with Crippen LogP contribution in [0.5, 0.6) is 0 Å². The largest absolute Gasteiger partial charge is 0.481 e. The Bertz CT molecular complexity index is 296. The fourth-order valence-electron chi connectivity index (χ4n) is 2.21. The van der Waals surface area contributed by atoms with E-state index in [-0.39, 0.29) is 17.9 Å². The summed E-state index contributed by atoms with van der Waals surface area (Å²) in [4.78, 5) is 24.5. The van der Waals surface area contributed by atoms with E-state index in [0.29, 0.717) is 39.1 Å². The highest BCUT2D eigenvalue weighted by atomic mass is 16.5. The van der Waals surface area contributed by atoms with Crippen LogP contribution in [0, 0.1) is 5.92 Å². The minimum atomic E-state index is -0.731. The molecule has 0 saturated carbocycles. The summed E-state index contributed by atoms with van der Waals surface area (Å²) < 4.78 is 4.85. The van der Waals surface area contributed by atoms with Crippen molar-refractivity contribution in [2.24, 2.45) is 5.92 Å². The van der Waals surface area contributed by atoms with Gasteiger partial charge in [0.2, 0.25) is 5.91 Å². The molecule has 1 aliphatic rings. The van der Waals surface area contributed by atoms with Crippen molar-refractivity contribution in [1.29, 1.82) is 0 Å². The fraction of sp³-hybridized carbons (Fsp3) is 0.833. The number of carbonyl (C=O) groups is 2. The third kappa shape index (κ3) is 4.62. The van der Waals surface area contributed by atoms with Crippen LogP contribution in [-0.4, -0.2) is 61.3 Å². The minimum absolute atomic E-state index is 0.0346. The van der Waals surface area contributed by atoms with Crippen molar-refractivity contribution in [3.63, 3.8) is 0 Å². The third-order valence-corrected chi connectivity index (χ3v) is 3.34. The average Bonchev–Trinajstić information content (AvgIpc) is 2.32. The summed E-state index contributed by atoms with van der Waals surface area (Å²) in [7, 11) is 1.59. The highest BCUT2D eigenvalue weighted by Gasteiger charge is 2.30. The van der Waals surface area contributed by atoms with Gasteiger partial charge in [-0.3, -0.25) is 14.5 Å². The summed E-state index contributed by atoms with van der Waals surface area (Å²) in [5, 5.41) is 11.7. The van der Waals surface area contributed by atoms with Crippen molar-refractivity contribution in [3.8, 4) is 0 Å². The number of likely N-dealkylation sites (tertiary alicyclic amines) is 1. The lowest BCUT2D eigenvalue weighted by molar-refractivity contribution is -0.144. The van der Waals surface area contributed by atoms with Gasteiger partial charge in [0.05, 0.1) is 19.1 Å². The van der Waals surface area contributed by atoms with Gasteiger partial charge in [-0.15, -0.1) is 0 Å². The molecule has 104 valence electrons. The van der Waals surface area contributed by atoms with Gasteiger partial charge < -0.3 is 15.2 Å². The highest BCUT2D eigenvalue weighted by molar-refractivity contribution is 5.78. The van der Waals surface area contributed by atoms with E-state index in [1.54, 1.807) is 7.11 Å². The minimum Gasteiger partial charge on any atom is -0.481 e. The first-order valence-corrected chi connectivity index (χ1v) is 6.27. The van der Waals surface area contributed by atoms with Crippen molar-refractivity contribution in [2.45, 2.75) is 25.8 Å². The first kappa shape index (κ1) is 14.9. The molecule has 2 atom stereocenters. The molecule has 18 heavy (non-hydrogen) atoms. The Labute approximate surface area is 107 Å². The van der Waals surface area contributed by atoms with Crippen molar-refractivity contribution in [1.82, 2.24) is 10.2 Å². The van der Waals surface area contributed by atoms with E-state index in [4.69, 9.17) is 9.84 Å². The number of ether oxygens (including phenoxy) is 1. The quantitative estimate of drug-likeness (QED) is 0.652. The van der Waals surface area contributed by atoms with Gasteiger partial charge in [-0.25, -0.2) is 0 Å². The predicted molar refractivity (Wildman–Crippen MR) is 66.3 cm³/mol. The van der Waals surface area contributed by atoms with Crippen LogP contribution < -0.4 is 5.32 Å². The lowest BCUT2D eigenvalue weighted by Gasteiger charge is -2.35. The summed E-state index contributed by atoms with van der Waals surface area (Å²) in [6, 6.07) is 0.132. The first-order valence-electron chi connectivity index (χ1n) is 6.27. The van der Waals surface area contributed by atoms with E-state index in [1.807, 2.05) is 11.8 Å². The number of methoxy groups -OCH3 is 1. The summed E-state index contributed by atoms with van der Waals surface area (Å²) in [6.45, 7) is 3.97. The standard InChI is InChI=1S/C12H22N2O4/c1-9-7-10(12(16)17)3-5-14(9)8-11(15)13-4-6-18-2/h9-10H,3-8H2,1-2H3,(H,13,15)(H,16,17). The molecule has 1 amide bonds. The van der Waals surface area contributed by atoms with E-state index in [1.165, 1.54) is 0 Å². The molecule has 6 heteroatoms. The molecule has 0 aromatic carbocycles. The summed E-state index contributed by atoms with van der Waals surface area (Å²) in [5.74, 6) is -1.04. The number of carbonyl (C=O) groups excluding carboxylic acids is 1. The third-order valence-electron chi connectivity index (χ3n) is 3.34. The van der Waals surface area contributed by atoms with Gasteiger partial charge in [0.15, 0.2) is 0 Å². The Morgan fingerprint density at radius 1 is 1.50 bits per heavy atom. The molecular weight excluding hydrogens is 236 g/mol. The lowest BCUT2D eigenvalue weighted by atomic mass is 9.92. The molecular formula is C12H22N2O4. The van der Waals surface area contributed by atoms with Crippen molar-refractivity contribution < 1.29 is 19.4 Å². The number of hydrogen-bond donors (Lipinski definition) is 2. The maximum Gasteiger partial charge on any atom is 0.306 e. The van der Waals surface area contributed by atoms with E-state index < -0.39 is 5.97 Å². The number of carboxylic acid groups (broad SMARTS) is 1. The molecule has 1 aliphatic heterocycles. The number of piperidine rings is 1. The Morgan fingerprint density at radius 3 is 2.78 bits per heavy atom. The van der Waals surface area contributed by atoms with Crippen LogP contribution in [0.1, 0.15) is 19.8 Å². The molecule has 1 heterocycles. The molecule has 0 aliphatic carbocycles. The Balaban J connectivity index is 2.31. The van der Waals surface area contributed by atoms with Gasteiger partial charge in [-0.2, -0.15) is 0 Å². The maximum atomic E-state index is 11.6. The molecule has 0 radical (unpaired) electrons. The van der Waals surface area contributed by atoms with Gasteiger partial charge in [0, 0.05) is 19.7 Å². The van der Waals surface area contributed by atoms with Crippen LogP contribution in [0.2, 0.25) is 0 Å². The zero-order valence-electron chi connectivity index (χ0n) is 11.0. The Kier molecular flexibility index (Phi) is 6.07. The van der Waals surface area contributed by atoms with E-state index in [9.17, 15) is 9.59 Å². The molecule has 0 spiro atoms. The number of aliphatic carboxylic acids is 1. The van der Waals surface area contributed by atoms with Gasteiger partial charge in [0.25, 0.3) is 0 Å². The molecule has 0 aromatic rings. The van der Waals surface area contributed by atoms with Gasteiger partial charge >= 0.3 is 5.97 Å². The highest BCUT2D eigenvalue weighted by Crippen LogP contribution is 2.22. The second-order valence-corrected chi connectivity index (χ2v) is 4.72. The molecule has 2 N–H and O–H groups in total. The normalized spacial score (nSPS) is 24.8. The second kappa shape index (κ2) is 7.33. The van der Waals surface area contributed by atoms with Crippen LogP contribution in [0.15, 0.2) is 0 Å². The number of carboxylic acids is 1. The molecule has 1 saturated heterocycles. The lowest BCUT2D eigenvalue weighted by Crippen LogP contribution is -2.47. The van der Waals surface area contributed by atoms with E-state index >= 15 is 0 Å². The summed E-state index contributed by atoms with van der Waals surface area (Å²) in [6.07, 6.45) is 1.23. The van der Waals surface area contributed by atoms with Crippen LogP contribution in [0.4, 0.5) is 0 Å². The number of nitrogens with one attached hydrogen (secondary N) is 1. The maximum absolute atomic E-state index is 11.6. The monoisotopic (exact) mass is 258 g/mol. The van der Waals surface area contributed by atoms with Crippen molar-refractivity contribution in [3.05, 3.63) is 0 Å². The number of amides is 1. The molecule has 0 aromatic heterocycles. The second-order valence-electron chi connectivity index (χ2n) is 4.72. The van der Waals surface area contributed by atoms with Gasteiger partial charge in [0.1, 0.15) is 0 Å². The zero-order chi connectivity index (χ0) is 13.5. The van der Waals surface area contributed by atoms with Crippen LogP contribution in [0.3, 0.4) is 0 Å². The van der Waals surface area contributed by atoms with Crippen molar-refractivity contribution in [2.75, 3.05) is 33.4 Å². The van der Waals surface area contributed by atoms with Gasteiger partial charge in [-0.05, 0) is 26.3 Å². The molecule has 1 rings (SSSR count). The first-order chi connectivity index (χ1) is 8.54. The Hall–Kier alpha value is -1.14. The summed E-state index contributed by atoms with van der Waals surface area (Å²) in [5.41, 5.74) is 0. The van der Waals surface area contributed by atoms with Crippen molar-refractivity contribution >= 4 is 11.9 Å². The van der Waals surface area contributed by atoms with Gasteiger partial charge in [-0.1, -0.05) is 0 Å². The van der Waals surface area contributed by atoms with Crippen LogP contribution in [0.25, 0.3) is 0 Å². The SMILES string of the molecule is COCCNC(=O)CN1CCC(C(=O)O)CC1C. The molecule has 0 bridgehead atoms. The molecule has 1 fully saturated rings. The average molecular weight is 258 g/mol. The fourth-order valence-corrected chi connectivity index (χ4v) is 2.21. The van der Waals surface area contributed by atoms with E-state index in [2.05, 4.69) is 5.32 Å².